The second kappa shape index (κ2) is 14.6. The van der Waals surface area contributed by atoms with Crippen LogP contribution in [-0.2, 0) is 22.6 Å². The van der Waals surface area contributed by atoms with Crippen molar-refractivity contribution in [2.75, 3.05) is 38.5 Å². The number of benzene rings is 2. The molecule has 0 unspecified atom stereocenters. The molecule has 12 heteroatoms. The Labute approximate surface area is 267 Å². The Hall–Kier alpha value is -5.39. The van der Waals surface area contributed by atoms with Crippen LogP contribution in [0, 0.1) is 0 Å². The molecule has 0 spiro atoms. The number of methoxy groups -OCH3 is 3. The minimum atomic E-state index is -0.394. The summed E-state index contributed by atoms with van der Waals surface area (Å²) in [5, 5.41) is 13.2. The number of fused-ring (bicyclic) bond motifs is 3. The van der Waals surface area contributed by atoms with E-state index in [9.17, 15) is 14.4 Å². The number of ether oxygens (including phenoxy) is 3. The summed E-state index contributed by atoms with van der Waals surface area (Å²) in [5.74, 6) is 1.16. The third kappa shape index (κ3) is 7.28. The van der Waals surface area contributed by atoms with E-state index in [-0.39, 0.29) is 23.7 Å². The Morgan fingerprint density at radius 1 is 1.00 bits per heavy atom. The average Bonchev–Trinajstić information content (AvgIpc) is 3.45. The standard InChI is InChI=1S/C34H38N6O6/c1-21(41)38-27-13-9-23-16-30(44-2)33(45-3)34(46-4)32(23)25-12-14-28(29(42)17-26(25)27)36-15-5-6-31(43)39-24-10-7-22(8-11-24)18-40-20-35-19-37-40/h7-8,10-12,14,16-17,19-20,27H,5-6,9,13,15,18H2,1-4H3,(H,36,42)(H,38,41)(H,39,43)/t27-/m0/s1. The van der Waals surface area contributed by atoms with Crippen LogP contribution in [0.15, 0.2) is 66.0 Å². The first-order valence-corrected chi connectivity index (χ1v) is 15.0. The summed E-state index contributed by atoms with van der Waals surface area (Å²) in [4.78, 5) is 42.2. The zero-order valence-corrected chi connectivity index (χ0v) is 26.4. The lowest BCUT2D eigenvalue weighted by Gasteiger charge is -2.19. The van der Waals surface area contributed by atoms with Gasteiger partial charge < -0.3 is 30.2 Å². The van der Waals surface area contributed by atoms with Crippen LogP contribution in [0.25, 0.3) is 11.1 Å². The molecule has 0 fully saturated rings. The van der Waals surface area contributed by atoms with Crippen LogP contribution in [0.4, 0.5) is 11.4 Å². The number of carbonyl (C=O) groups is 2. The monoisotopic (exact) mass is 626 g/mol. The third-order valence-corrected chi connectivity index (χ3v) is 7.86. The van der Waals surface area contributed by atoms with E-state index in [1.54, 1.807) is 44.5 Å². The molecule has 2 amide bonds. The van der Waals surface area contributed by atoms with Crippen molar-refractivity contribution in [1.82, 2.24) is 20.1 Å². The van der Waals surface area contributed by atoms with Gasteiger partial charge in [0.25, 0.3) is 0 Å². The van der Waals surface area contributed by atoms with E-state index in [4.69, 9.17) is 14.2 Å². The fraction of sp³-hybridized carbons (Fsp3) is 0.324. The summed E-state index contributed by atoms with van der Waals surface area (Å²) in [6.07, 6.45) is 5.11. The van der Waals surface area contributed by atoms with E-state index in [0.717, 1.165) is 22.3 Å². The number of nitrogens with one attached hydrogen (secondary N) is 3. The van der Waals surface area contributed by atoms with Crippen LogP contribution in [0.2, 0.25) is 0 Å². The van der Waals surface area contributed by atoms with Gasteiger partial charge in [0.05, 0.1) is 39.6 Å². The Kier molecular flexibility index (Phi) is 10.2. The number of carbonyl (C=O) groups excluding carboxylic acids is 2. The van der Waals surface area contributed by atoms with Gasteiger partial charge in [0.15, 0.2) is 11.5 Å². The molecule has 5 rings (SSSR count). The summed E-state index contributed by atoms with van der Waals surface area (Å²) in [7, 11) is 4.68. The molecule has 3 N–H and O–H groups in total. The van der Waals surface area contributed by atoms with Crippen LogP contribution in [0.5, 0.6) is 17.2 Å². The zero-order valence-electron chi connectivity index (χ0n) is 26.4. The Bertz CT molecular complexity index is 1760. The molecular formula is C34H38N6O6. The maximum absolute atomic E-state index is 13.5. The highest BCUT2D eigenvalue weighted by Gasteiger charge is 2.29. The van der Waals surface area contributed by atoms with Crippen molar-refractivity contribution >= 4 is 23.2 Å². The molecule has 0 saturated carbocycles. The second-order valence-corrected chi connectivity index (χ2v) is 11.0. The first kappa shape index (κ1) is 32.0. The number of anilines is 2. The fourth-order valence-electron chi connectivity index (χ4n) is 5.74. The topological polar surface area (TPSA) is 146 Å². The fourth-order valence-corrected chi connectivity index (χ4v) is 5.74. The molecule has 46 heavy (non-hydrogen) atoms. The number of nitrogens with zero attached hydrogens (tertiary/aromatic N) is 3. The highest BCUT2D eigenvalue weighted by atomic mass is 16.5. The van der Waals surface area contributed by atoms with Crippen molar-refractivity contribution in [2.24, 2.45) is 0 Å². The van der Waals surface area contributed by atoms with Gasteiger partial charge in [-0.25, -0.2) is 9.67 Å². The Morgan fingerprint density at radius 3 is 2.46 bits per heavy atom. The van der Waals surface area contributed by atoms with Crippen LogP contribution in [-0.4, -0.2) is 54.5 Å². The van der Waals surface area contributed by atoms with E-state index in [2.05, 4.69) is 26.0 Å². The lowest BCUT2D eigenvalue weighted by molar-refractivity contribution is -0.119. The maximum Gasteiger partial charge on any atom is 0.224 e. The highest BCUT2D eigenvalue weighted by Crippen LogP contribution is 2.50. The first-order chi connectivity index (χ1) is 22.3. The van der Waals surface area contributed by atoms with Crippen molar-refractivity contribution < 1.29 is 23.8 Å². The number of rotatable bonds is 12. The molecule has 240 valence electrons. The van der Waals surface area contributed by atoms with E-state index < -0.39 is 6.04 Å². The number of aryl methyl sites for hydroxylation is 1. The van der Waals surface area contributed by atoms with Gasteiger partial charge in [0.2, 0.25) is 23.0 Å². The largest absolute Gasteiger partial charge is 0.493 e. The molecule has 1 atom stereocenters. The van der Waals surface area contributed by atoms with Crippen molar-refractivity contribution in [2.45, 2.75) is 45.2 Å². The van der Waals surface area contributed by atoms with E-state index in [1.807, 2.05) is 36.4 Å². The molecular weight excluding hydrogens is 588 g/mol. The quantitative estimate of drug-likeness (QED) is 0.196. The second-order valence-electron chi connectivity index (χ2n) is 11.0. The molecule has 12 nitrogen and oxygen atoms in total. The van der Waals surface area contributed by atoms with Crippen LogP contribution < -0.4 is 35.6 Å². The molecule has 0 bridgehead atoms. The third-order valence-electron chi connectivity index (χ3n) is 7.86. The van der Waals surface area contributed by atoms with Gasteiger partial charge in [-0.15, -0.1) is 0 Å². The molecule has 1 heterocycles. The first-order valence-electron chi connectivity index (χ1n) is 15.0. The van der Waals surface area contributed by atoms with Gasteiger partial charge in [0.1, 0.15) is 12.7 Å². The lowest BCUT2D eigenvalue weighted by atomic mass is 9.95. The molecule has 0 aliphatic heterocycles. The smallest absolute Gasteiger partial charge is 0.224 e. The highest BCUT2D eigenvalue weighted by molar-refractivity contribution is 5.90. The van der Waals surface area contributed by atoms with Crippen LogP contribution >= 0.6 is 0 Å². The van der Waals surface area contributed by atoms with Crippen molar-refractivity contribution in [3.63, 3.8) is 0 Å². The molecule has 3 aromatic carbocycles. The molecule has 0 radical (unpaired) electrons. The van der Waals surface area contributed by atoms with Gasteiger partial charge in [-0.3, -0.25) is 14.4 Å². The zero-order chi connectivity index (χ0) is 32.6. The van der Waals surface area contributed by atoms with E-state index in [1.165, 1.54) is 13.3 Å². The van der Waals surface area contributed by atoms with Crippen molar-refractivity contribution in [3.05, 3.63) is 88.1 Å². The van der Waals surface area contributed by atoms with Crippen LogP contribution in [0.1, 0.15) is 48.9 Å². The molecule has 4 aromatic rings. The van der Waals surface area contributed by atoms with Gasteiger partial charge in [-0.2, -0.15) is 5.10 Å². The summed E-state index contributed by atoms with van der Waals surface area (Å²) in [6.45, 7) is 2.47. The number of hydrogen-bond acceptors (Lipinski definition) is 9. The summed E-state index contributed by atoms with van der Waals surface area (Å²) >= 11 is 0. The van der Waals surface area contributed by atoms with Crippen molar-refractivity contribution in [1.29, 1.82) is 0 Å². The summed E-state index contributed by atoms with van der Waals surface area (Å²) < 4.78 is 18.8. The maximum atomic E-state index is 13.5. The number of aromatic nitrogens is 3. The Morgan fingerprint density at radius 2 is 1.78 bits per heavy atom. The van der Waals surface area contributed by atoms with E-state index >= 15 is 0 Å². The summed E-state index contributed by atoms with van der Waals surface area (Å²) in [6, 6.07) is 14.3. The normalized spacial score (nSPS) is 13.4. The van der Waals surface area contributed by atoms with E-state index in [0.29, 0.717) is 66.5 Å². The number of hydrogen-bond donors (Lipinski definition) is 3. The Balaban J connectivity index is 1.31. The van der Waals surface area contributed by atoms with Gasteiger partial charge in [-0.1, -0.05) is 18.2 Å². The average molecular weight is 627 g/mol. The minimum Gasteiger partial charge on any atom is -0.493 e. The predicted molar refractivity (Wildman–Crippen MR) is 175 cm³/mol. The van der Waals surface area contributed by atoms with Gasteiger partial charge >= 0.3 is 0 Å². The molecule has 1 aliphatic rings. The van der Waals surface area contributed by atoms with Gasteiger partial charge in [0, 0.05) is 31.1 Å². The minimum absolute atomic E-state index is 0.121. The molecule has 0 saturated heterocycles. The van der Waals surface area contributed by atoms with Crippen LogP contribution in [0.3, 0.4) is 0 Å². The lowest BCUT2D eigenvalue weighted by Crippen LogP contribution is -2.26. The predicted octanol–water partition coefficient (Wildman–Crippen LogP) is 4.33. The molecule has 1 aliphatic carbocycles. The van der Waals surface area contributed by atoms with Crippen molar-refractivity contribution in [3.8, 4) is 28.4 Å². The molecule has 1 aromatic heterocycles. The summed E-state index contributed by atoms with van der Waals surface area (Å²) in [5.41, 5.74) is 5.08. The SMILES string of the molecule is COc1cc2c(c(OC)c1OC)-c1ccc(NCCCC(=O)Nc3ccc(Cn4cncn4)cc3)c(=O)cc1[C@@H](NC(C)=O)CC2. The number of amides is 2. The van der Waals surface area contributed by atoms with Gasteiger partial charge in [-0.05, 0) is 71.8 Å².